The monoisotopic (exact) mass is 227 g/mol. The highest BCUT2D eigenvalue weighted by Crippen LogP contribution is 2.51. The number of aliphatic imine (C=N–C) groups is 1. The summed E-state index contributed by atoms with van der Waals surface area (Å²) in [5, 5.41) is 3.12. The zero-order chi connectivity index (χ0) is 12.2. The van der Waals surface area contributed by atoms with Crippen LogP contribution in [0.2, 0.25) is 0 Å². The van der Waals surface area contributed by atoms with E-state index in [1.54, 1.807) is 7.11 Å². The van der Waals surface area contributed by atoms with E-state index in [1.807, 2.05) is 6.92 Å². The van der Waals surface area contributed by atoms with E-state index in [-0.39, 0.29) is 6.04 Å². The smallest absolute Gasteiger partial charge is 0.188 e. The molecule has 0 saturated heterocycles. The van der Waals surface area contributed by atoms with Crippen molar-refractivity contribution in [2.24, 2.45) is 22.1 Å². The molecular weight excluding hydrogens is 202 g/mol. The van der Waals surface area contributed by atoms with Crippen molar-refractivity contribution in [3.05, 3.63) is 0 Å². The Kier molecular flexibility index (Phi) is 4.59. The fourth-order valence-corrected chi connectivity index (χ4v) is 1.91. The molecule has 0 heterocycles. The van der Waals surface area contributed by atoms with Gasteiger partial charge in [-0.1, -0.05) is 13.8 Å². The van der Waals surface area contributed by atoms with Crippen LogP contribution in [-0.2, 0) is 4.74 Å². The third kappa shape index (κ3) is 3.67. The molecule has 1 unspecified atom stereocenters. The Morgan fingerprint density at radius 2 is 2.06 bits per heavy atom. The van der Waals surface area contributed by atoms with Gasteiger partial charge >= 0.3 is 0 Å². The maximum Gasteiger partial charge on any atom is 0.188 e. The summed E-state index contributed by atoms with van der Waals surface area (Å²) in [6.45, 7) is 8.05. The molecule has 0 bridgehead atoms. The van der Waals surface area contributed by atoms with Crippen molar-refractivity contribution >= 4 is 5.96 Å². The van der Waals surface area contributed by atoms with E-state index in [0.29, 0.717) is 23.9 Å². The Labute approximate surface area is 98.6 Å². The van der Waals surface area contributed by atoms with Crippen LogP contribution in [0.3, 0.4) is 0 Å². The fourth-order valence-electron chi connectivity index (χ4n) is 1.91. The lowest BCUT2D eigenvalue weighted by Crippen LogP contribution is -2.41. The number of hydrogen-bond donors (Lipinski definition) is 2. The SMILES string of the molecule is COCC(C)NC(N)=NCC1(C(C)C)CC1. The van der Waals surface area contributed by atoms with Crippen molar-refractivity contribution in [2.75, 3.05) is 20.3 Å². The number of rotatable bonds is 6. The van der Waals surface area contributed by atoms with Gasteiger partial charge in [0.05, 0.1) is 6.61 Å². The van der Waals surface area contributed by atoms with Gasteiger partial charge < -0.3 is 15.8 Å². The summed E-state index contributed by atoms with van der Waals surface area (Å²) in [6, 6.07) is 0.211. The quantitative estimate of drug-likeness (QED) is 0.532. The number of nitrogens with zero attached hydrogens (tertiary/aromatic N) is 1. The number of nitrogens with one attached hydrogen (secondary N) is 1. The number of hydrogen-bond acceptors (Lipinski definition) is 2. The van der Waals surface area contributed by atoms with E-state index >= 15 is 0 Å². The Hall–Kier alpha value is -0.770. The van der Waals surface area contributed by atoms with E-state index in [1.165, 1.54) is 12.8 Å². The van der Waals surface area contributed by atoms with Crippen molar-refractivity contribution in [3.63, 3.8) is 0 Å². The Bertz CT molecular complexity index is 247. The highest BCUT2D eigenvalue weighted by Gasteiger charge is 2.45. The lowest BCUT2D eigenvalue weighted by molar-refractivity contribution is 0.179. The normalized spacial score (nSPS) is 20.9. The summed E-state index contributed by atoms with van der Waals surface area (Å²) in [5.74, 6) is 1.23. The van der Waals surface area contributed by atoms with Gasteiger partial charge in [-0.3, -0.25) is 4.99 Å². The first-order chi connectivity index (χ1) is 7.50. The van der Waals surface area contributed by atoms with Crippen molar-refractivity contribution in [3.8, 4) is 0 Å². The molecule has 1 fully saturated rings. The molecule has 3 N–H and O–H groups in total. The number of methoxy groups -OCH3 is 1. The van der Waals surface area contributed by atoms with E-state index in [9.17, 15) is 0 Å². The summed E-state index contributed by atoms with van der Waals surface area (Å²) >= 11 is 0. The lowest BCUT2D eigenvalue weighted by Gasteiger charge is -2.18. The number of nitrogens with two attached hydrogens (primary N) is 1. The number of ether oxygens (including phenoxy) is 1. The Morgan fingerprint density at radius 3 is 2.50 bits per heavy atom. The molecule has 4 heteroatoms. The summed E-state index contributed by atoms with van der Waals surface area (Å²) in [5.41, 5.74) is 6.25. The third-order valence-electron chi connectivity index (χ3n) is 3.49. The standard InChI is InChI=1S/C12H25N3O/c1-9(2)12(5-6-12)8-14-11(13)15-10(3)7-16-4/h9-10H,5-8H2,1-4H3,(H3,13,14,15). The van der Waals surface area contributed by atoms with Gasteiger partial charge in [-0.2, -0.15) is 0 Å². The zero-order valence-electron chi connectivity index (χ0n) is 10.9. The summed E-state index contributed by atoms with van der Waals surface area (Å²) in [4.78, 5) is 4.43. The Balaban J connectivity index is 2.34. The third-order valence-corrected chi connectivity index (χ3v) is 3.49. The van der Waals surface area contributed by atoms with Crippen LogP contribution >= 0.6 is 0 Å². The molecule has 1 saturated carbocycles. The molecule has 1 atom stereocenters. The molecule has 1 rings (SSSR count). The first-order valence-corrected chi connectivity index (χ1v) is 6.05. The molecule has 1 aliphatic rings. The zero-order valence-corrected chi connectivity index (χ0v) is 10.9. The molecule has 0 radical (unpaired) electrons. The highest BCUT2D eigenvalue weighted by atomic mass is 16.5. The molecule has 0 aromatic rings. The molecule has 0 spiro atoms. The van der Waals surface area contributed by atoms with Gasteiger partial charge in [0, 0.05) is 19.7 Å². The van der Waals surface area contributed by atoms with Gasteiger partial charge in [0.2, 0.25) is 0 Å². The van der Waals surface area contributed by atoms with E-state index < -0.39 is 0 Å². The van der Waals surface area contributed by atoms with Crippen LogP contribution in [0.15, 0.2) is 4.99 Å². The first-order valence-electron chi connectivity index (χ1n) is 6.05. The average Bonchev–Trinajstić information content (AvgIpc) is 2.95. The largest absolute Gasteiger partial charge is 0.383 e. The molecule has 1 aliphatic carbocycles. The second-order valence-corrected chi connectivity index (χ2v) is 5.22. The summed E-state index contributed by atoms with van der Waals surface area (Å²) in [7, 11) is 1.68. The van der Waals surface area contributed by atoms with Crippen molar-refractivity contribution in [1.29, 1.82) is 0 Å². The van der Waals surface area contributed by atoms with E-state index in [0.717, 1.165) is 6.54 Å². The van der Waals surface area contributed by atoms with Crippen LogP contribution < -0.4 is 11.1 Å². The average molecular weight is 227 g/mol. The van der Waals surface area contributed by atoms with Crippen LogP contribution in [0.5, 0.6) is 0 Å². The molecule has 4 nitrogen and oxygen atoms in total. The van der Waals surface area contributed by atoms with E-state index in [4.69, 9.17) is 10.5 Å². The molecule has 0 aliphatic heterocycles. The van der Waals surface area contributed by atoms with Gasteiger partial charge in [-0.05, 0) is 31.1 Å². The first kappa shape index (κ1) is 13.3. The van der Waals surface area contributed by atoms with Gasteiger partial charge in [0.25, 0.3) is 0 Å². The van der Waals surface area contributed by atoms with Crippen LogP contribution in [0.1, 0.15) is 33.6 Å². The van der Waals surface area contributed by atoms with Crippen LogP contribution in [0.4, 0.5) is 0 Å². The van der Waals surface area contributed by atoms with E-state index in [2.05, 4.69) is 24.2 Å². The predicted molar refractivity (Wildman–Crippen MR) is 67.5 cm³/mol. The lowest BCUT2D eigenvalue weighted by atomic mass is 9.93. The summed E-state index contributed by atoms with van der Waals surface area (Å²) < 4.78 is 5.03. The summed E-state index contributed by atoms with van der Waals surface area (Å²) in [6.07, 6.45) is 2.57. The van der Waals surface area contributed by atoms with Gasteiger partial charge in [-0.15, -0.1) is 0 Å². The van der Waals surface area contributed by atoms with Crippen molar-refractivity contribution in [2.45, 2.75) is 39.7 Å². The molecule has 0 amide bonds. The minimum Gasteiger partial charge on any atom is -0.383 e. The van der Waals surface area contributed by atoms with Crippen molar-refractivity contribution < 1.29 is 4.74 Å². The molecule has 0 aromatic heterocycles. The van der Waals surface area contributed by atoms with Crippen LogP contribution in [0, 0.1) is 11.3 Å². The minimum atomic E-state index is 0.211. The highest BCUT2D eigenvalue weighted by molar-refractivity contribution is 5.78. The van der Waals surface area contributed by atoms with Gasteiger partial charge in [0.1, 0.15) is 0 Å². The molecule has 0 aromatic carbocycles. The second-order valence-electron chi connectivity index (χ2n) is 5.22. The molecular formula is C12H25N3O. The van der Waals surface area contributed by atoms with Crippen LogP contribution in [-0.4, -0.2) is 32.3 Å². The molecule has 16 heavy (non-hydrogen) atoms. The van der Waals surface area contributed by atoms with Gasteiger partial charge in [-0.25, -0.2) is 0 Å². The topological polar surface area (TPSA) is 59.6 Å². The maximum absolute atomic E-state index is 5.82. The minimum absolute atomic E-state index is 0.211. The number of guanidine groups is 1. The van der Waals surface area contributed by atoms with Crippen LogP contribution in [0.25, 0.3) is 0 Å². The maximum atomic E-state index is 5.82. The second kappa shape index (κ2) is 5.53. The predicted octanol–water partition coefficient (Wildman–Crippen LogP) is 1.36. The van der Waals surface area contributed by atoms with Gasteiger partial charge in [0.15, 0.2) is 5.96 Å². The fraction of sp³-hybridized carbons (Fsp3) is 0.917. The molecule has 94 valence electrons. The van der Waals surface area contributed by atoms with Crippen molar-refractivity contribution in [1.82, 2.24) is 5.32 Å². The Morgan fingerprint density at radius 1 is 1.44 bits per heavy atom.